The molecule has 3 N–H and O–H groups in total. The van der Waals surface area contributed by atoms with Gasteiger partial charge in [0.2, 0.25) is 5.91 Å². The van der Waals surface area contributed by atoms with Crippen LogP contribution in [0.5, 0.6) is 0 Å². The Kier molecular flexibility index (Phi) is 13.3. The van der Waals surface area contributed by atoms with Gasteiger partial charge in [-0.1, -0.05) is 35.9 Å². The third-order valence-electron chi connectivity index (χ3n) is 9.08. The molecule has 54 heavy (non-hydrogen) atoms. The van der Waals surface area contributed by atoms with Crippen LogP contribution in [0, 0.1) is 34.6 Å². The number of hydrogen-bond acceptors (Lipinski definition) is 11. The summed E-state index contributed by atoms with van der Waals surface area (Å²) in [5.74, 6) is 1.06. The summed E-state index contributed by atoms with van der Waals surface area (Å²) in [6.07, 6.45) is 1.64. The van der Waals surface area contributed by atoms with E-state index in [1.54, 1.807) is 17.4 Å². The smallest absolute Gasteiger partial charge is 0.259 e. The number of ether oxygens (including phenoxy) is 2. The number of nitrogens with zero attached hydrogens (tertiary/aromatic N) is 5. The Bertz CT molecular complexity index is 2110. The van der Waals surface area contributed by atoms with Crippen LogP contribution < -0.4 is 16.0 Å². The third kappa shape index (κ3) is 9.42. The van der Waals surface area contributed by atoms with E-state index in [1.165, 1.54) is 16.2 Å². The van der Waals surface area contributed by atoms with Crippen molar-refractivity contribution in [1.29, 1.82) is 0 Å². The van der Waals surface area contributed by atoms with Gasteiger partial charge in [0.05, 0.1) is 30.0 Å². The number of benzene rings is 2. The van der Waals surface area contributed by atoms with Gasteiger partial charge in [0.25, 0.3) is 5.91 Å². The highest BCUT2D eigenvalue weighted by atomic mass is 35.5. The van der Waals surface area contributed by atoms with Crippen LogP contribution in [0.25, 0.3) is 5.00 Å². The molecule has 2 amide bonds. The van der Waals surface area contributed by atoms with Gasteiger partial charge < -0.3 is 20.1 Å². The predicted molar refractivity (Wildman–Crippen MR) is 216 cm³/mol. The number of rotatable bonds is 17. The number of aromatic nitrogens is 4. The lowest BCUT2D eigenvalue weighted by Crippen LogP contribution is -2.29. The number of aliphatic imine (C=N–C) groups is 1. The second-order valence-electron chi connectivity index (χ2n) is 13.0. The number of nitrogens with one attached hydrogen (secondary N) is 3. The number of thiophene rings is 1. The minimum atomic E-state index is -0.526. The lowest BCUT2D eigenvalue weighted by Gasteiger charge is -2.13. The molecule has 5 aromatic rings. The van der Waals surface area contributed by atoms with Crippen LogP contribution in [0.2, 0.25) is 5.02 Å². The second kappa shape index (κ2) is 18.2. The van der Waals surface area contributed by atoms with Crippen molar-refractivity contribution in [3.8, 4) is 5.00 Å². The average molecular weight is 789 g/mol. The number of anilines is 2. The van der Waals surface area contributed by atoms with Crippen molar-refractivity contribution < 1.29 is 19.1 Å². The van der Waals surface area contributed by atoms with E-state index in [-0.39, 0.29) is 18.2 Å². The Morgan fingerprint density at radius 2 is 1.61 bits per heavy atom. The monoisotopic (exact) mass is 788 g/mol. The number of para-hydroxylation sites is 1. The fourth-order valence-electron chi connectivity index (χ4n) is 6.03. The van der Waals surface area contributed by atoms with Crippen molar-refractivity contribution in [2.45, 2.75) is 59.9 Å². The van der Waals surface area contributed by atoms with Crippen molar-refractivity contribution in [3.63, 3.8) is 0 Å². The highest BCUT2D eigenvalue weighted by Gasteiger charge is 2.32. The zero-order valence-electron chi connectivity index (χ0n) is 31.1. The third-order valence-corrected chi connectivity index (χ3v) is 11.5. The minimum Gasteiger partial charge on any atom is -0.384 e. The molecule has 0 fully saturated rings. The van der Waals surface area contributed by atoms with E-state index in [0.29, 0.717) is 61.1 Å². The topological polar surface area (TPSA) is 145 Å². The minimum absolute atomic E-state index is 0.121. The largest absolute Gasteiger partial charge is 0.384 e. The number of carbonyl (C=O) groups excluding carboxylic acids is 2. The number of carbonyl (C=O) groups is 2. The Balaban J connectivity index is 0.899. The number of aryl methyl sites for hydroxylation is 4. The molecule has 0 bridgehead atoms. The summed E-state index contributed by atoms with van der Waals surface area (Å²) >= 11 is 9.37. The SMILES string of the molecule is Cc1nc(NC(=O)c2ccccc2NCCCOCCCOCCNC(=O)C[C@@H]2N=C(c3ccc(Cl)cc3)c3c(sc(C)c3C)-n3c(C)nnc32)sc1C. The van der Waals surface area contributed by atoms with Gasteiger partial charge in [0.1, 0.15) is 16.9 Å². The number of amides is 2. The van der Waals surface area contributed by atoms with Crippen LogP contribution in [-0.4, -0.2) is 76.8 Å². The molecule has 284 valence electrons. The molecular formula is C39H45ClN8O4S2. The summed E-state index contributed by atoms with van der Waals surface area (Å²) in [6.45, 7) is 13.2. The molecular weight excluding hydrogens is 744 g/mol. The molecule has 0 saturated carbocycles. The lowest BCUT2D eigenvalue weighted by molar-refractivity contribution is -0.121. The van der Waals surface area contributed by atoms with E-state index in [1.807, 2.05) is 67.8 Å². The summed E-state index contributed by atoms with van der Waals surface area (Å²) in [7, 11) is 0. The van der Waals surface area contributed by atoms with Crippen molar-refractivity contribution in [2.24, 2.45) is 4.99 Å². The Morgan fingerprint density at radius 1 is 0.870 bits per heavy atom. The summed E-state index contributed by atoms with van der Waals surface area (Å²) in [4.78, 5) is 37.9. The summed E-state index contributed by atoms with van der Waals surface area (Å²) in [5, 5.41) is 20.3. The van der Waals surface area contributed by atoms with E-state index in [4.69, 9.17) is 26.1 Å². The maximum Gasteiger partial charge on any atom is 0.259 e. The number of halogens is 1. The molecule has 12 nitrogen and oxygen atoms in total. The Morgan fingerprint density at radius 3 is 2.37 bits per heavy atom. The molecule has 0 spiro atoms. The molecule has 0 radical (unpaired) electrons. The molecule has 1 aliphatic heterocycles. The van der Waals surface area contributed by atoms with Crippen molar-refractivity contribution in [3.05, 3.63) is 103 Å². The first-order valence-corrected chi connectivity index (χ1v) is 20.0. The van der Waals surface area contributed by atoms with E-state index in [2.05, 4.69) is 45.0 Å². The second-order valence-corrected chi connectivity index (χ2v) is 15.8. The number of hydrogen-bond donors (Lipinski definition) is 3. The van der Waals surface area contributed by atoms with Crippen LogP contribution >= 0.6 is 34.3 Å². The average Bonchev–Trinajstić information content (AvgIpc) is 3.76. The summed E-state index contributed by atoms with van der Waals surface area (Å²) in [6, 6.07) is 14.6. The van der Waals surface area contributed by atoms with Crippen LogP contribution in [0.4, 0.5) is 10.8 Å². The van der Waals surface area contributed by atoms with E-state index in [0.717, 1.165) is 62.3 Å². The van der Waals surface area contributed by atoms with Gasteiger partial charge in [0, 0.05) is 64.5 Å². The molecule has 15 heteroatoms. The Labute approximate surface area is 328 Å². The fourth-order valence-corrected chi connectivity index (χ4v) is 8.18. The number of thiazole rings is 1. The van der Waals surface area contributed by atoms with Gasteiger partial charge in [0.15, 0.2) is 11.0 Å². The van der Waals surface area contributed by atoms with Crippen molar-refractivity contribution in [1.82, 2.24) is 25.1 Å². The van der Waals surface area contributed by atoms with Crippen LogP contribution in [0.3, 0.4) is 0 Å². The van der Waals surface area contributed by atoms with Gasteiger partial charge in [-0.2, -0.15) is 0 Å². The molecule has 2 aromatic carbocycles. The van der Waals surface area contributed by atoms with Gasteiger partial charge in [-0.3, -0.25) is 24.5 Å². The van der Waals surface area contributed by atoms with Gasteiger partial charge in [-0.05, 0) is 77.3 Å². The molecule has 1 atom stereocenters. The molecule has 0 saturated heterocycles. The highest BCUT2D eigenvalue weighted by molar-refractivity contribution is 7.16. The van der Waals surface area contributed by atoms with E-state index >= 15 is 0 Å². The molecule has 3 aromatic heterocycles. The molecule has 6 rings (SSSR count). The van der Waals surface area contributed by atoms with Gasteiger partial charge >= 0.3 is 0 Å². The van der Waals surface area contributed by atoms with Crippen molar-refractivity contribution >= 4 is 62.6 Å². The maximum atomic E-state index is 13.2. The normalized spacial score (nSPS) is 13.5. The van der Waals surface area contributed by atoms with Crippen LogP contribution in [-0.2, 0) is 14.3 Å². The molecule has 0 unspecified atom stereocenters. The highest BCUT2D eigenvalue weighted by Crippen LogP contribution is 2.39. The standard InChI is InChI=1S/C39H45ClN8O4S2/c1-23-25(3)53-38-34(23)35(28-12-14-29(40)15-13-28)44-32(36-47-46-27(5)48(36)38)22-33(49)42-17-21-52-20-9-19-51-18-8-16-41-31-11-7-6-10-30(31)37(50)45-39-43-24(2)26(4)54-39/h6-7,10-15,32,41H,8-9,16-22H2,1-5H3,(H,42,49)(H,43,45,50)/t32-/m0/s1. The summed E-state index contributed by atoms with van der Waals surface area (Å²) in [5.41, 5.74) is 6.18. The van der Waals surface area contributed by atoms with Crippen LogP contribution in [0.1, 0.15) is 79.4 Å². The molecule has 1 aliphatic rings. The first-order valence-electron chi connectivity index (χ1n) is 18.0. The Hall–Kier alpha value is -4.47. The maximum absolute atomic E-state index is 13.2. The van der Waals surface area contributed by atoms with Gasteiger partial charge in [-0.15, -0.1) is 32.9 Å². The van der Waals surface area contributed by atoms with Crippen molar-refractivity contribution in [2.75, 3.05) is 50.2 Å². The first-order chi connectivity index (χ1) is 26.1. The number of fused-ring (bicyclic) bond motifs is 3. The zero-order chi connectivity index (χ0) is 38.2. The van der Waals surface area contributed by atoms with Gasteiger partial charge in [-0.25, -0.2) is 4.98 Å². The zero-order valence-corrected chi connectivity index (χ0v) is 33.5. The fraction of sp³-hybridized carbons (Fsp3) is 0.385. The predicted octanol–water partition coefficient (Wildman–Crippen LogP) is 7.56. The summed E-state index contributed by atoms with van der Waals surface area (Å²) < 4.78 is 13.6. The first kappa shape index (κ1) is 39.2. The molecule has 0 aliphatic carbocycles. The molecule has 4 heterocycles. The quantitative estimate of drug-likeness (QED) is 0.0820. The lowest BCUT2D eigenvalue weighted by atomic mass is 9.99. The van der Waals surface area contributed by atoms with E-state index < -0.39 is 6.04 Å². The van der Waals surface area contributed by atoms with E-state index in [9.17, 15) is 9.59 Å². The van der Waals surface area contributed by atoms with Crippen LogP contribution in [0.15, 0.2) is 53.5 Å².